The van der Waals surface area contributed by atoms with Crippen LogP contribution >= 0.6 is 0 Å². The van der Waals surface area contributed by atoms with Crippen molar-refractivity contribution in [1.29, 1.82) is 0 Å². The van der Waals surface area contributed by atoms with E-state index in [0.29, 0.717) is 17.5 Å². The van der Waals surface area contributed by atoms with E-state index in [2.05, 4.69) is 39.8 Å². The van der Waals surface area contributed by atoms with Crippen LogP contribution in [0.2, 0.25) is 0 Å². The van der Waals surface area contributed by atoms with Gasteiger partial charge in [-0.05, 0) is 52.6 Å². The largest absolute Gasteiger partial charge is 0.340 e. The molecule has 106 valence electrons. The van der Waals surface area contributed by atoms with Gasteiger partial charge in [0.25, 0.3) is 0 Å². The summed E-state index contributed by atoms with van der Waals surface area (Å²) in [5, 5.41) is 0. The third-order valence-electron chi connectivity index (χ3n) is 4.48. The standard InChI is InChI=1S/C15H30N2O/c1-7-17(13(4)18)14-8-9-15(11-14,16(5)6)10-12(2)3/h12,14H,7-11H2,1-6H3. The zero-order valence-electron chi connectivity index (χ0n) is 13.0. The third kappa shape index (κ3) is 3.25. The molecule has 0 spiro atoms. The Kier molecular flexibility index (Phi) is 5.20. The Hall–Kier alpha value is -0.570. The van der Waals surface area contributed by atoms with Crippen LogP contribution in [0.5, 0.6) is 0 Å². The van der Waals surface area contributed by atoms with Crippen molar-refractivity contribution in [2.45, 2.75) is 65.0 Å². The van der Waals surface area contributed by atoms with E-state index in [1.165, 1.54) is 12.8 Å². The van der Waals surface area contributed by atoms with Gasteiger partial charge in [0.15, 0.2) is 0 Å². The van der Waals surface area contributed by atoms with E-state index in [1.807, 2.05) is 4.90 Å². The molecule has 1 aliphatic rings. The highest BCUT2D eigenvalue weighted by molar-refractivity contribution is 5.73. The van der Waals surface area contributed by atoms with Crippen LogP contribution in [-0.4, -0.2) is 47.9 Å². The number of amides is 1. The number of carbonyl (C=O) groups excluding carboxylic acids is 1. The first-order valence-corrected chi connectivity index (χ1v) is 7.27. The molecule has 1 aliphatic carbocycles. The van der Waals surface area contributed by atoms with Crippen molar-refractivity contribution < 1.29 is 4.79 Å². The summed E-state index contributed by atoms with van der Waals surface area (Å²) in [7, 11) is 4.38. The van der Waals surface area contributed by atoms with Crippen LogP contribution in [0.25, 0.3) is 0 Å². The molecule has 2 unspecified atom stereocenters. The molecule has 1 saturated carbocycles. The van der Waals surface area contributed by atoms with Crippen molar-refractivity contribution in [1.82, 2.24) is 9.80 Å². The summed E-state index contributed by atoms with van der Waals surface area (Å²) in [5.41, 5.74) is 0.293. The molecule has 0 aromatic heterocycles. The second-order valence-electron chi connectivity index (χ2n) is 6.42. The first-order valence-electron chi connectivity index (χ1n) is 7.27. The molecule has 2 atom stereocenters. The van der Waals surface area contributed by atoms with Crippen LogP contribution in [0.1, 0.15) is 53.4 Å². The lowest BCUT2D eigenvalue weighted by atomic mass is 9.86. The molecule has 1 amide bonds. The van der Waals surface area contributed by atoms with Gasteiger partial charge in [0.1, 0.15) is 0 Å². The molecular formula is C15H30N2O. The van der Waals surface area contributed by atoms with Crippen molar-refractivity contribution in [3.63, 3.8) is 0 Å². The highest BCUT2D eigenvalue weighted by Gasteiger charge is 2.43. The van der Waals surface area contributed by atoms with Crippen LogP contribution in [0.3, 0.4) is 0 Å². The zero-order valence-corrected chi connectivity index (χ0v) is 13.0. The van der Waals surface area contributed by atoms with Crippen LogP contribution in [0, 0.1) is 5.92 Å². The SMILES string of the molecule is CCN(C(C)=O)C1CCC(CC(C)C)(N(C)C)C1. The fourth-order valence-electron chi connectivity index (χ4n) is 3.62. The van der Waals surface area contributed by atoms with E-state index in [1.54, 1.807) is 6.92 Å². The molecule has 1 rings (SSSR count). The predicted molar refractivity (Wildman–Crippen MR) is 76.6 cm³/mol. The van der Waals surface area contributed by atoms with Crippen molar-refractivity contribution in [2.24, 2.45) is 5.92 Å². The maximum absolute atomic E-state index is 11.7. The zero-order chi connectivity index (χ0) is 13.9. The van der Waals surface area contributed by atoms with Gasteiger partial charge in [-0.15, -0.1) is 0 Å². The highest BCUT2D eigenvalue weighted by atomic mass is 16.2. The van der Waals surface area contributed by atoms with Gasteiger partial charge in [0.05, 0.1) is 0 Å². The normalized spacial score (nSPS) is 28.1. The van der Waals surface area contributed by atoms with Gasteiger partial charge >= 0.3 is 0 Å². The number of nitrogens with zero attached hydrogens (tertiary/aromatic N) is 2. The molecule has 1 fully saturated rings. The average molecular weight is 254 g/mol. The van der Waals surface area contributed by atoms with Gasteiger partial charge < -0.3 is 9.80 Å². The molecule has 0 bridgehead atoms. The van der Waals surface area contributed by atoms with Crippen molar-refractivity contribution >= 4 is 5.91 Å². The summed E-state index contributed by atoms with van der Waals surface area (Å²) in [6.07, 6.45) is 4.72. The second-order valence-corrected chi connectivity index (χ2v) is 6.42. The molecule has 3 heteroatoms. The number of hydrogen-bond acceptors (Lipinski definition) is 2. The Bertz CT molecular complexity index is 288. The van der Waals surface area contributed by atoms with E-state index in [9.17, 15) is 4.79 Å². The van der Waals surface area contributed by atoms with Gasteiger partial charge in [-0.3, -0.25) is 4.79 Å². The Morgan fingerprint density at radius 3 is 2.39 bits per heavy atom. The quantitative estimate of drug-likeness (QED) is 0.753. The van der Waals surface area contributed by atoms with E-state index in [-0.39, 0.29) is 5.91 Å². The fourth-order valence-corrected chi connectivity index (χ4v) is 3.62. The molecule has 0 saturated heterocycles. The topological polar surface area (TPSA) is 23.6 Å². The molecule has 0 heterocycles. The minimum absolute atomic E-state index is 0.224. The molecule has 18 heavy (non-hydrogen) atoms. The summed E-state index contributed by atoms with van der Waals surface area (Å²) in [5.74, 6) is 0.931. The highest BCUT2D eigenvalue weighted by Crippen LogP contribution is 2.40. The Morgan fingerprint density at radius 2 is 2.00 bits per heavy atom. The summed E-state index contributed by atoms with van der Waals surface area (Å²) < 4.78 is 0. The summed E-state index contributed by atoms with van der Waals surface area (Å²) >= 11 is 0. The molecule has 0 aromatic carbocycles. The van der Waals surface area contributed by atoms with E-state index in [4.69, 9.17) is 0 Å². The maximum atomic E-state index is 11.7. The number of rotatable bonds is 5. The Morgan fingerprint density at radius 1 is 1.39 bits per heavy atom. The van der Waals surface area contributed by atoms with Gasteiger partial charge in [-0.2, -0.15) is 0 Å². The van der Waals surface area contributed by atoms with Crippen molar-refractivity contribution in [3.05, 3.63) is 0 Å². The Balaban J connectivity index is 2.79. The second kappa shape index (κ2) is 6.05. The van der Waals surface area contributed by atoms with Crippen LogP contribution in [0.4, 0.5) is 0 Å². The first kappa shape index (κ1) is 15.5. The molecular weight excluding hydrogens is 224 g/mol. The molecule has 0 aromatic rings. The molecule has 0 radical (unpaired) electrons. The van der Waals surface area contributed by atoms with Crippen LogP contribution in [0.15, 0.2) is 0 Å². The minimum Gasteiger partial charge on any atom is -0.340 e. The molecule has 0 aliphatic heterocycles. The molecule has 0 N–H and O–H groups in total. The van der Waals surface area contributed by atoms with Gasteiger partial charge in [0.2, 0.25) is 5.91 Å². The Labute approximate surface area is 113 Å². The predicted octanol–water partition coefficient (Wildman–Crippen LogP) is 2.75. The van der Waals surface area contributed by atoms with Crippen LogP contribution in [-0.2, 0) is 4.79 Å². The third-order valence-corrected chi connectivity index (χ3v) is 4.48. The monoisotopic (exact) mass is 254 g/mol. The lowest BCUT2D eigenvalue weighted by Crippen LogP contribution is -2.45. The molecule has 3 nitrogen and oxygen atoms in total. The fraction of sp³-hybridized carbons (Fsp3) is 0.933. The maximum Gasteiger partial charge on any atom is 0.219 e. The van der Waals surface area contributed by atoms with E-state index >= 15 is 0 Å². The number of carbonyl (C=O) groups is 1. The average Bonchev–Trinajstić information content (AvgIpc) is 2.63. The lowest BCUT2D eigenvalue weighted by Gasteiger charge is -2.39. The minimum atomic E-state index is 0.224. The smallest absolute Gasteiger partial charge is 0.219 e. The summed E-state index contributed by atoms with van der Waals surface area (Å²) in [6.45, 7) is 9.20. The van der Waals surface area contributed by atoms with Crippen molar-refractivity contribution in [3.8, 4) is 0 Å². The van der Waals surface area contributed by atoms with E-state index < -0.39 is 0 Å². The summed E-state index contributed by atoms with van der Waals surface area (Å²) in [4.78, 5) is 16.1. The van der Waals surface area contributed by atoms with Gasteiger partial charge in [0, 0.05) is 25.0 Å². The number of hydrogen-bond donors (Lipinski definition) is 0. The van der Waals surface area contributed by atoms with Gasteiger partial charge in [-0.1, -0.05) is 13.8 Å². The van der Waals surface area contributed by atoms with Crippen LogP contribution < -0.4 is 0 Å². The first-order chi connectivity index (χ1) is 8.32. The summed E-state index contributed by atoms with van der Waals surface area (Å²) in [6, 6.07) is 0.439. The van der Waals surface area contributed by atoms with E-state index in [0.717, 1.165) is 19.4 Å². The van der Waals surface area contributed by atoms with Crippen molar-refractivity contribution in [2.75, 3.05) is 20.6 Å². The van der Waals surface area contributed by atoms with Gasteiger partial charge in [-0.25, -0.2) is 0 Å². The lowest BCUT2D eigenvalue weighted by molar-refractivity contribution is -0.130.